The number of alkyl halides is 1. The van der Waals surface area contributed by atoms with Gasteiger partial charge < -0.3 is 25.8 Å². The lowest BCUT2D eigenvalue weighted by atomic mass is 9.85. The smallest absolute Gasteiger partial charge is 0.249 e. The summed E-state index contributed by atoms with van der Waals surface area (Å²) in [6.07, 6.45) is 9.26. The fourth-order valence-electron chi connectivity index (χ4n) is 9.43. The van der Waals surface area contributed by atoms with Gasteiger partial charge in [0.15, 0.2) is 5.82 Å². The summed E-state index contributed by atoms with van der Waals surface area (Å²) in [7, 11) is 0. The van der Waals surface area contributed by atoms with Gasteiger partial charge in [-0.05, 0) is 101 Å². The lowest BCUT2D eigenvalue weighted by Gasteiger charge is -2.44. The maximum atomic E-state index is 15.7. The Bertz CT molecular complexity index is 1950. The summed E-state index contributed by atoms with van der Waals surface area (Å²) in [5, 5.41) is 12.0. The molecule has 15 heteroatoms. The first-order chi connectivity index (χ1) is 28.2. The number of nitrogens with one attached hydrogen (secondary N) is 4. The predicted molar refractivity (Wildman–Crippen MR) is 217 cm³/mol. The monoisotopic (exact) mass is 801 g/mol. The lowest BCUT2D eigenvalue weighted by molar-refractivity contribution is -0.133. The highest BCUT2D eigenvalue weighted by Gasteiger charge is 2.37. The maximum absolute atomic E-state index is 15.7. The number of imide groups is 1. The summed E-state index contributed by atoms with van der Waals surface area (Å²) < 4.78 is 45.9. The van der Waals surface area contributed by atoms with E-state index in [2.05, 4.69) is 47.1 Å². The van der Waals surface area contributed by atoms with Crippen molar-refractivity contribution in [2.75, 3.05) is 59.7 Å². The Labute approximate surface area is 337 Å². The molecule has 0 spiro atoms. The summed E-state index contributed by atoms with van der Waals surface area (Å²) in [6, 6.07) is 11.8. The minimum Gasteiger partial charge on any atom is -0.374 e. The number of halogens is 3. The van der Waals surface area contributed by atoms with Crippen LogP contribution in [-0.4, -0.2) is 102 Å². The molecule has 4 saturated heterocycles. The number of hydrogen-bond acceptors (Lipinski definition) is 10. The predicted octanol–water partition coefficient (Wildman–Crippen LogP) is 5.80. The largest absolute Gasteiger partial charge is 0.374 e. The number of carbonyl (C=O) groups is 3. The van der Waals surface area contributed by atoms with Gasteiger partial charge >= 0.3 is 0 Å². The third-order valence-corrected chi connectivity index (χ3v) is 12.7. The standard InChI is InChI=1S/C43H54F3N9O3/c44-33-24-31(48-36-12-14-39(56)51-42(36)58)11-13-37(33)55-22-17-38(35(46)26-55)54-20-15-30(16-21-54)49-41(57)27-7-9-29(10-8-27)50-43-47-25-34(45)40(52-43)28-5-4-6-32(23-28)53-18-2-1-3-19-53/h4-6,11,13,23-25,27,29-30,35-36,38,48H,1-3,7-10,12,14-22,26H2,(H,49,57)(H,47,50,52)(H,51,56,58). The van der Waals surface area contributed by atoms with Crippen molar-refractivity contribution in [2.24, 2.45) is 5.92 Å². The Hall–Kier alpha value is -4.92. The Morgan fingerprint density at radius 1 is 0.793 bits per heavy atom. The highest BCUT2D eigenvalue weighted by Crippen LogP contribution is 2.32. The second-order valence-corrected chi connectivity index (χ2v) is 16.6. The van der Waals surface area contributed by atoms with E-state index in [0.717, 1.165) is 75.7 Å². The molecule has 3 amide bonds. The van der Waals surface area contributed by atoms with Crippen LogP contribution in [0.3, 0.4) is 0 Å². The Morgan fingerprint density at radius 2 is 1.59 bits per heavy atom. The van der Waals surface area contributed by atoms with Gasteiger partial charge in [-0.15, -0.1) is 0 Å². The van der Waals surface area contributed by atoms with E-state index >= 15 is 8.78 Å². The van der Waals surface area contributed by atoms with Crippen LogP contribution in [0.4, 0.5) is 36.2 Å². The average molecular weight is 802 g/mol. The molecule has 5 heterocycles. The molecule has 1 aliphatic carbocycles. The van der Waals surface area contributed by atoms with E-state index in [1.807, 2.05) is 18.2 Å². The average Bonchev–Trinajstić information content (AvgIpc) is 3.23. The van der Waals surface area contributed by atoms with Crippen LogP contribution in [0.5, 0.6) is 0 Å². The molecule has 1 saturated carbocycles. The highest BCUT2D eigenvalue weighted by molar-refractivity contribution is 6.01. The van der Waals surface area contributed by atoms with E-state index in [1.165, 1.54) is 18.7 Å². The number of benzene rings is 2. The van der Waals surface area contributed by atoms with Crippen LogP contribution in [0, 0.1) is 17.6 Å². The molecule has 0 bridgehead atoms. The Kier molecular flexibility index (Phi) is 12.3. The normalized spacial score (nSPS) is 26.2. The number of amides is 3. The summed E-state index contributed by atoms with van der Waals surface area (Å²) in [4.78, 5) is 52.0. The van der Waals surface area contributed by atoms with Crippen molar-refractivity contribution in [1.29, 1.82) is 0 Å². The molecule has 4 N–H and O–H groups in total. The molecule has 4 aliphatic heterocycles. The van der Waals surface area contributed by atoms with Crippen LogP contribution >= 0.6 is 0 Å². The Balaban J connectivity index is 0.763. The lowest BCUT2D eigenvalue weighted by Crippen LogP contribution is -2.56. The van der Waals surface area contributed by atoms with Crippen LogP contribution in [0.25, 0.3) is 11.3 Å². The van der Waals surface area contributed by atoms with Gasteiger partial charge in [-0.25, -0.2) is 23.1 Å². The zero-order valence-corrected chi connectivity index (χ0v) is 32.9. The number of piperidine rings is 4. The van der Waals surface area contributed by atoms with Gasteiger partial charge in [0.25, 0.3) is 0 Å². The van der Waals surface area contributed by atoms with Gasteiger partial charge in [0.05, 0.1) is 18.4 Å². The van der Waals surface area contributed by atoms with Gasteiger partial charge in [-0.3, -0.25) is 24.6 Å². The minimum atomic E-state index is -1.16. The van der Waals surface area contributed by atoms with E-state index in [1.54, 1.807) is 17.0 Å². The number of carbonyl (C=O) groups excluding carboxylic acids is 3. The number of likely N-dealkylation sites (tertiary alicyclic amines) is 1. The molecule has 2 aromatic carbocycles. The number of aromatic nitrogens is 2. The molecule has 5 fully saturated rings. The van der Waals surface area contributed by atoms with Crippen molar-refractivity contribution < 1.29 is 27.6 Å². The van der Waals surface area contributed by atoms with Crippen LogP contribution in [0.15, 0.2) is 48.7 Å². The van der Waals surface area contributed by atoms with Crippen LogP contribution < -0.4 is 31.1 Å². The van der Waals surface area contributed by atoms with Crippen molar-refractivity contribution >= 4 is 40.7 Å². The molecule has 8 rings (SSSR count). The summed E-state index contributed by atoms with van der Waals surface area (Å²) >= 11 is 0. The highest BCUT2D eigenvalue weighted by atomic mass is 19.1. The molecule has 5 aliphatic rings. The van der Waals surface area contributed by atoms with E-state index in [9.17, 15) is 18.8 Å². The van der Waals surface area contributed by atoms with Gasteiger partial charge in [0.2, 0.25) is 23.7 Å². The van der Waals surface area contributed by atoms with E-state index in [4.69, 9.17) is 0 Å². The first kappa shape index (κ1) is 39.9. The molecule has 0 radical (unpaired) electrons. The fraction of sp³-hybridized carbons (Fsp3) is 0.558. The Morgan fingerprint density at radius 3 is 2.33 bits per heavy atom. The van der Waals surface area contributed by atoms with E-state index in [-0.39, 0.29) is 54.5 Å². The van der Waals surface area contributed by atoms with Crippen molar-refractivity contribution in [2.45, 2.75) is 107 Å². The quantitative estimate of drug-likeness (QED) is 0.187. The molecular weight excluding hydrogens is 748 g/mol. The third-order valence-electron chi connectivity index (χ3n) is 12.7. The van der Waals surface area contributed by atoms with Gasteiger partial charge in [-0.1, -0.05) is 12.1 Å². The molecule has 1 aromatic heterocycles. The number of rotatable bonds is 10. The van der Waals surface area contributed by atoms with Gasteiger partial charge in [0.1, 0.15) is 23.7 Å². The number of anilines is 4. The zero-order chi connectivity index (χ0) is 40.2. The second kappa shape index (κ2) is 17.9. The van der Waals surface area contributed by atoms with Crippen molar-refractivity contribution in [3.8, 4) is 11.3 Å². The zero-order valence-electron chi connectivity index (χ0n) is 32.9. The molecule has 12 nitrogen and oxygen atoms in total. The number of nitrogens with zero attached hydrogens (tertiary/aromatic N) is 5. The third kappa shape index (κ3) is 9.35. The van der Waals surface area contributed by atoms with Gasteiger partial charge in [-0.2, -0.15) is 0 Å². The summed E-state index contributed by atoms with van der Waals surface area (Å²) in [5.74, 6) is -1.32. The first-order valence-corrected chi connectivity index (χ1v) is 21.1. The minimum absolute atomic E-state index is 0.0404. The van der Waals surface area contributed by atoms with Crippen LogP contribution in [0.2, 0.25) is 0 Å². The van der Waals surface area contributed by atoms with Crippen molar-refractivity contribution in [1.82, 2.24) is 25.5 Å². The van der Waals surface area contributed by atoms with Crippen LogP contribution in [-0.2, 0) is 14.4 Å². The SMILES string of the molecule is O=C1CCC(Nc2ccc(N3CCC(N4CCC(NC(=O)C5CCC(Nc6ncc(F)c(-c7cccc(N8CCCCC8)c7)n6)CC5)CC4)C(F)C3)c(F)c2)C(=O)N1. The molecule has 3 unspecified atom stereocenters. The van der Waals surface area contributed by atoms with Crippen LogP contribution in [0.1, 0.15) is 77.0 Å². The van der Waals surface area contributed by atoms with Gasteiger partial charge in [0, 0.05) is 80.1 Å². The maximum Gasteiger partial charge on any atom is 0.249 e. The second-order valence-electron chi connectivity index (χ2n) is 16.6. The topological polar surface area (TPSA) is 135 Å². The molecule has 58 heavy (non-hydrogen) atoms. The van der Waals surface area contributed by atoms with Crippen molar-refractivity contribution in [3.05, 3.63) is 60.3 Å². The molecule has 3 aromatic rings. The van der Waals surface area contributed by atoms with E-state index < -0.39 is 29.8 Å². The molecule has 310 valence electrons. The summed E-state index contributed by atoms with van der Waals surface area (Å²) in [5.41, 5.74) is 2.84. The molecular formula is C43H54F3N9O3. The fourth-order valence-corrected chi connectivity index (χ4v) is 9.43. The molecule has 3 atom stereocenters. The summed E-state index contributed by atoms with van der Waals surface area (Å²) in [6.45, 7) is 3.97. The van der Waals surface area contributed by atoms with Crippen molar-refractivity contribution in [3.63, 3.8) is 0 Å². The first-order valence-electron chi connectivity index (χ1n) is 21.1. The number of hydrogen-bond donors (Lipinski definition) is 4. The van der Waals surface area contributed by atoms with E-state index in [0.29, 0.717) is 49.8 Å².